The Hall–Kier alpha value is -3.04. The van der Waals surface area contributed by atoms with Crippen LogP contribution in [0.25, 0.3) is 6.08 Å². The lowest BCUT2D eigenvalue weighted by Gasteiger charge is -2.26. The van der Waals surface area contributed by atoms with Crippen LogP contribution in [0.3, 0.4) is 0 Å². The lowest BCUT2D eigenvalue weighted by atomic mass is 9.95. The number of hydrogen-bond acceptors (Lipinski definition) is 6. The number of rotatable bonds is 5. The van der Waals surface area contributed by atoms with E-state index < -0.39 is 12.0 Å². The zero-order chi connectivity index (χ0) is 24.6. The normalized spacial score (nSPS) is 15.9. The Morgan fingerprint density at radius 1 is 1.24 bits per heavy atom. The van der Waals surface area contributed by atoms with E-state index in [1.807, 2.05) is 12.1 Å². The molecule has 0 saturated heterocycles. The zero-order valence-electron chi connectivity index (χ0n) is 19.0. The van der Waals surface area contributed by atoms with Gasteiger partial charge in [-0.3, -0.25) is 9.36 Å². The maximum absolute atomic E-state index is 13.6. The molecular weight excluding hydrogens is 523 g/mol. The number of halogens is 2. The Bertz CT molecular complexity index is 1470. The molecule has 6 nitrogen and oxygen atoms in total. The van der Waals surface area contributed by atoms with Gasteiger partial charge in [-0.25, -0.2) is 14.2 Å². The molecule has 0 radical (unpaired) electrons. The summed E-state index contributed by atoms with van der Waals surface area (Å²) in [6.07, 6.45) is 1.34. The van der Waals surface area contributed by atoms with Gasteiger partial charge in [0, 0.05) is 10.0 Å². The molecule has 0 spiro atoms. The molecule has 1 atom stereocenters. The molecule has 176 valence electrons. The van der Waals surface area contributed by atoms with Crippen molar-refractivity contribution in [1.29, 1.82) is 0 Å². The van der Waals surface area contributed by atoms with Crippen molar-refractivity contribution in [3.8, 4) is 5.75 Å². The first-order valence-electron chi connectivity index (χ1n) is 10.5. The molecule has 3 aromatic rings. The molecule has 34 heavy (non-hydrogen) atoms. The third-order valence-corrected chi connectivity index (χ3v) is 6.71. The summed E-state index contributed by atoms with van der Waals surface area (Å²) in [6.45, 7) is 5.26. The van der Waals surface area contributed by atoms with E-state index in [2.05, 4.69) is 20.9 Å². The first-order chi connectivity index (χ1) is 16.2. The van der Waals surface area contributed by atoms with Crippen LogP contribution in [-0.4, -0.2) is 23.8 Å². The van der Waals surface area contributed by atoms with Crippen LogP contribution in [0.15, 0.2) is 68.0 Å². The largest absolute Gasteiger partial charge is 0.496 e. The van der Waals surface area contributed by atoms with Gasteiger partial charge in [0.1, 0.15) is 17.6 Å². The maximum atomic E-state index is 13.6. The highest BCUT2D eigenvalue weighted by Crippen LogP contribution is 2.37. The number of methoxy groups -OCH3 is 1. The second-order valence-electron chi connectivity index (χ2n) is 7.97. The van der Waals surface area contributed by atoms with Crippen molar-refractivity contribution >= 4 is 39.3 Å². The van der Waals surface area contributed by atoms with Gasteiger partial charge in [-0.15, -0.1) is 0 Å². The predicted octanol–water partition coefficient (Wildman–Crippen LogP) is 4.10. The Kier molecular flexibility index (Phi) is 6.86. The molecule has 9 heteroatoms. The number of benzene rings is 2. The minimum Gasteiger partial charge on any atom is -0.496 e. The first kappa shape index (κ1) is 24.1. The van der Waals surface area contributed by atoms with Crippen LogP contribution in [-0.2, 0) is 9.53 Å². The summed E-state index contributed by atoms with van der Waals surface area (Å²) in [6, 6.07) is 10.5. The number of carbonyl (C=O) groups excluding carboxylic acids is 1. The van der Waals surface area contributed by atoms with E-state index in [0.717, 1.165) is 4.47 Å². The van der Waals surface area contributed by atoms with Gasteiger partial charge in [0.2, 0.25) is 0 Å². The van der Waals surface area contributed by atoms with E-state index in [9.17, 15) is 14.0 Å². The van der Waals surface area contributed by atoms with Gasteiger partial charge in [0.05, 0.1) is 29.0 Å². The highest BCUT2D eigenvalue weighted by Gasteiger charge is 2.35. The molecule has 0 unspecified atom stereocenters. The fraction of sp³-hybridized carbons (Fsp3) is 0.240. The second-order valence-corrected chi connectivity index (χ2v) is 9.90. The molecule has 1 aromatic heterocycles. The van der Waals surface area contributed by atoms with Gasteiger partial charge in [0.25, 0.3) is 5.56 Å². The number of ether oxygens (including phenoxy) is 2. The smallest absolute Gasteiger partial charge is 0.338 e. The van der Waals surface area contributed by atoms with Crippen molar-refractivity contribution in [3.05, 3.63) is 94.8 Å². The minimum absolute atomic E-state index is 0.269. The lowest BCUT2D eigenvalue weighted by molar-refractivity contribution is -0.143. The molecule has 1 aliphatic rings. The Morgan fingerprint density at radius 3 is 2.59 bits per heavy atom. The van der Waals surface area contributed by atoms with E-state index in [1.54, 1.807) is 45.0 Å². The van der Waals surface area contributed by atoms with Crippen LogP contribution in [0.5, 0.6) is 5.75 Å². The molecule has 0 saturated carbocycles. The summed E-state index contributed by atoms with van der Waals surface area (Å²) in [5.41, 5.74) is 1.72. The predicted molar refractivity (Wildman–Crippen MR) is 132 cm³/mol. The molecule has 4 rings (SSSR count). The van der Waals surface area contributed by atoms with Crippen LogP contribution >= 0.6 is 27.3 Å². The standard InChI is InChI=1S/C25H22BrFN2O4S/c1-13(2)33-24(31)21-14(3)28-25-29(22(21)18-12-16(26)7-10-19(18)32-4)23(30)20(34-25)11-15-5-8-17(27)9-6-15/h5-13,22H,1-4H3/b20-11-/t22-/m0/s1. The van der Waals surface area contributed by atoms with Gasteiger partial charge in [-0.1, -0.05) is 39.4 Å². The Morgan fingerprint density at radius 2 is 1.94 bits per heavy atom. The summed E-state index contributed by atoms with van der Waals surface area (Å²) in [5.74, 6) is -0.383. The van der Waals surface area contributed by atoms with E-state index in [-0.39, 0.29) is 23.1 Å². The summed E-state index contributed by atoms with van der Waals surface area (Å²) >= 11 is 4.69. The van der Waals surface area contributed by atoms with Crippen molar-refractivity contribution < 1.29 is 18.7 Å². The summed E-state index contributed by atoms with van der Waals surface area (Å²) in [5, 5.41) is 0. The first-order valence-corrected chi connectivity index (χ1v) is 12.1. The molecular formula is C25H22BrFN2O4S. The number of hydrogen-bond donors (Lipinski definition) is 0. The zero-order valence-corrected chi connectivity index (χ0v) is 21.4. The fourth-order valence-corrected chi connectivity index (χ4v) is 5.21. The van der Waals surface area contributed by atoms with Crippen molar-refractivity contribution in [2.75, 3.05) is 7.11 Å². The highest BCUT2D eigenvalue weighted by molar-refractivity contribution is 9.10. The summed E-state index contributed by atoms with van der Waals surface area (Å²) in [4.78, 5) is 31.8. The maximum Gasteiger partial charge on any atom is 0.338 e. The molecule has 2 aromatic carbocycles. The molecule has 0 amide bonds. The number of esters is 1. The number of allylic oxidation sites excluding steroid dienone is 1. The van der Waals surface area contributed by atoms with Crippen molar-refractivity contribution in [1.82, 2.24) is 4.57 Å². The van der Waals surface area contributed by atoms with Gasteiger partial charge < -0.3 is 9.47 Å². The topological polar surface area (TPSA) is 69.9 Å². The second kappa shape index (κ2) is 9.68. The van der Waals surface area contributed by atoms with Crippen molar-refractivity contribution in [3.63, 3.8) is 0 Å². The quantitative estimate of drug-likeness (QED) is 0.453. The van der Waals surface area contributed by atoms with Crippen LogP contribution in [0.1, 0.15) is 37.9 Å². The minimum atomic E-state index is -0.801. The van der Waals surface area contributed by atoms with E-state index in [0.29, 0.717) is 31.9 Å². The van der Waals surface area contributed by atoms with Crippen LogP contribution < -0.4 is 19.6 Å². The van der Waals surface area contributed by atoms with Crippen molar-refractivity contribution in [2.24, 2.45) is 4.99 Å². The SMILES string of the molecule is COc1ccc(Br)cc1[C@H]1C(C(=O)OC(C)C)=C(C)N=c2s/c(=C\c3ccc(F)cc3)c(=O)n21. The average molecular weight is 545 g/mol. The van der Waals surface area contributed by atoms with Crippen LogP contribution in [0, 0.1) is 5.82 Å². The fourth-order valence-electron chi connectivity index (χ4n) is 3.78. The molecule has 0 aliphatic carbocycles. The summed E-state index contributed by atoms with van der Waals surface area (Å²) in [7, 11) is 1.54. The third kappa shape index (κ3) is 4.63. The van der Waals surface area contributed by atoms with Gasteiger partial charge in [0.15, 0.2) is 4.80 Å². The van der Waals surface area contributed by atoms with Gasteiger partial charge in [-0.2, -0.15) is 0 Å². The molecule has 2 heterocycles. The number of fused-ring (bicyclic) bond motifs is 1. The van der Waals surface area contributed by atoms with E-state index in [1.165, 1.54) is 35.1 Å². The summed E-state index contributed by atoms with van der Waals surface area (Å²) < 4.78 is 27.1. The monoisotopic (exact) mass is 544 g/mol. The number of nitrogens with zero attached hydrogens (tertiary/aromatic N) is 2. The molecule has 0 fully saturated rings. The van der Waals surface area contributed by atoms with E-state index in [4.69, 9.17) is 9.47 Å². The number of carbonyl (C=O) groups is 1. The van der Waals surface area contributed by atoms with Crippen LogP contribution in [0.2, 0.25) is 0 Å². The Balaban J connectivity index is 2.00. The molecule has 0 N–H and O–H groups in total. The van der Waals surface area contributed by atoms with Gasteiger partial charge in [-0.05, 0) is 62.7 Å². The Labute approximate surface area is 207 Å². The highest BCUT2D eigenvalue weighted by atomic mass is 79.9. The number of aromatic nitrogens is 1. The molecule has 0 bridgehead atoms. The van der Waals surface area contributed by atoms with Crippen molar-refractivity contribution in [2.45, 2.75) is 32.9 Å². The number of thiazole rings is 1. The van der Waals surface area contributed by atoms with E-state index >= 15 is 0 Å². The van der Waals surface area contributed by atoms with Gasteiger partial charge >= 0.3 is 5.97 Å². The molecule has 1 aliphatic heterocycles. The lowest BCUT2D eigenvalue weighted by Crippen LogP contribution is -2.40. The van der Waals surface area contributed by atoms with Crippen LogP contribution in [0.4, 0.5) is 4.39 Å². The average Bonchev–Trinajstić information content (AvgIpc) is 3.08. The third-order valence-electron chi connectivity index (χ3n) is 5.24.